The average molecular weight is 406 g/mol. The second-order valence-corrected chi connectivity index (χ2v) is 6.72. The highest BCUT2D eigenvalue weighted by Gasteiger charge is 2.32. The molecule has 2 aromatic carbocycles. The third-order valence-electron chi connectivity index (χ3n) is 4.75. The quantitative estimate of drug-likeness (QED) is 0.657. The van der Waals surface area contributed by atoms with Gasteiger partial charge >= 0.3 is 12.0 Å². The van der Waals surface area contributed by atoms with Gasteiger partial charge in [0.05, 0.1) is 11.1 Å². The molecule has 1 saturated heterocycles. The third-order valence-corrected chi connectivity index (χ3v) is 4.75. The second-order valence-electron chi connectivity index (χ2n) is 6.72. The Kier molecular flexibility index (Phi) is 5.01. The number of carbonyl (C=O) groups excluding carboxylic acids is 3. The van der Waals surface area contributed by atoms with Crippen LogP contribution >= 0.6 is 0 Å². The summed E-state index contributed by atoms with van der Waals surface area (Å²) < 4.78 is 6.43. The van der Waals surface area contributed by atoms with Crippen LogP contribution in [0, 0.1) is 0 Å². The Balaban J connectivity index is 1.72. The number of para-hydroxylation sites is 1. The summed E-state index contributed by atoms with van der Waals surface area (Å²) in [7, 11) is 0. The van der Waals surface area contributed by atoms with Crippen molar-refractivity contribution in [1.29, 1.82) is 0 Å². The number of carbonyl (C=O) groups is 3. The molecule has 3 amide bonds. The molecular formula is C21H18N4O5. The van der Waals surface area contributed by atoms with Crippen LogP contribution in [0.2, 0.25) is 0 Å². The zero-order chi connectivity index (χ0) is 21.3. The first-order valence-electron chi connectivity index (χ1n) is 9.35. The summed E-state index contributed by atoms with van der Waals surface area (Å²) in [6.07, 6.45) is -1.20. The molecule has 0 radical (unpaired) electrons. The van der Waals surface area contributed by atoms with E-state index in [2.05, 4.69) is 10.4 Å². The summed E-state index contributed by atoms with van der Waals surface area (Å²) in [4.78, 5) is 50.9. The summed E-state index contributed by atoms with van der Waals surface area (Å²) >= 11 is 0. The molecule has 0 bridgehead atoms. The van der Waals surface area contributed by atoms with Gasteiger partial charge in [0.2, 0.25) is 0 Å². The van der Waals surface area contributed by atoms with Gasteiger partial charge in [0.25, 0.3) is 11.5 Å². The Morgan fingerprint density at radius 1 is 1.03 bits per heavy atom. The topological polar surface area (TPSA) is 111 Å². The maximum atomic E-state index is 12.9. The number of benzene rings is 2. The van der Waals surface area contributed by atoms with E-state index < -0.39 is 24.0 Å². The molecule has 9 nitrogen and oxygen atoms in total. The van der Waals surface area contributed by atoms with Crippen molar-refractivity contribution in [3.8, 4) is 5.69 Å². The molecule has 152 valence electrons. The number of aromatic nitrogens is 2. The Hall–Kier alpha value is -4.01. The van der Waals surface area contributed by atoms with E-state index in [-0.39, 0.29) is 17.8 Å². The molecule has 1 fully saturated rings. The number of amides is 3. The number of ether oxygens (including phenoxy) is 1. The van der Waals surface area contributed by atoms with E-state index in [4.69, 9.17) is 4.74 Å². The predicted octanol–water partition coefficient (Wildman–Crippen LogP) is 1.48. The number of rotatable bonds is 4. The maximum absolute atomic E-state index is 12.9. The van der Waals surface area contributed by atoms with E-state index in [0.717, 1.165) is 9.58 Å². The molecule has 1 aliphatic heterocycles. The molecule has 3 aromatic rings. The molecule has 1 aliphatic rings. The van der Waals surface area contributed by atoms with E-state index in [0.29, 0.717) is 23.0 Å². The maximum Gasteiger partial charge on any atom is 0.360 e. The first-order chi connectivity index (χ1) is 14.5. The van der Waals surface area contributed by atoms with Crippen molar-refractivity contribution in [3.05, 3.63) is 70.6 Å². The summed E-state index contributed by atoms with van der Waals surface area (Å²) in [5, 5.41) is 7.35. The van der Waals surface area contributed by atoms with Gasteiger partial charge in [0.15, 0.2) is 11.8 Å². The SMILES string of the molecule is C[C@@H](OC(=O)c1nn(-c2ccccc2)c(=O)c2ccccc12)C(=O)N1CCNC1=O. The van der Waals surface area contributed by atoms with E-state index in [9.17, 15) is 19.2 Å². The van der Waals surface area contributed by atoms with Gasteiger partial charge in [0, 0.05) is 18.5 Å². The average Bonchev–Trinajstić information content (AvgIpc) is 3.20. The largest absolute Gasteiger partial charge is 0.448 e. The molecule has 0 saturated carbocycles. The highest BCUT2D eigenvalue weighted by atomic mass is 16.5. The van der Waals surface area contributed by atoms with E-state index in [1.165, 1.54) is 6.92 Å². The number of nitrogens with zero attached hydrogens (tertiary/aromatic N) is 3. The third kappa shape index (κ3) is 3.41. The molecule has 1 aromatic heterocycles. The van der Waals surface area contributed by atoms with Crippen molar-refractivity contribution in [3.63, 3.8) is 0 Å². The number of hydrogen-bond acceptors (Lipinski definition) is 6. The van der Waals surface area contributed by atoms with Gasteiger partial charge in [-0.1, -0.05) is 36.4 Å². The fourth-order valence-electron chi connectivity index (χ4n) is 3.25. The zero-order valence-corrected chi connectivity index (χ0v) is 16.1. The fourth-order valence-corrected chi connectivity index (χ4v) is 3.25. The van der Waals surface area contributed by atoms with Crippen molar-refractivity contribution >= 4 is 28.7 Å². The van der Waals surface area contributed by atoms with Gasteiger partial charge in [-0.25, -0.2) is 9.59 Å². The molecule has 2 heterocycles. The highest BCUT2D eigenvalue weighted by molar-refractivity contribution is 6.04. The molecule has 30 heavy (non-hydrogen) atoms. The molecule has 0 unspecified atom stereocenters. The number of nitrogens with one attached hydrogen (secondary N) is 1. The first kappa shape index (κ1) is 19.3. The number of fused-ring (bicyclic) bond motifs is 1. The lowest BCUT2D eigenvalue weighted by atomic mass is 10.1. The molecule has 0 aliphatic carbocycles. The van der Waals surface area contributed by atoms with E-state index in [1.807, 2.05) is 0 Å². The summed E-state index contributed by atoms with van der Waals surface area (Å²) in [5.74, 6) is -1.49. The number of imide groups is 1. The van der Waals surface area contributed by atoms with Crippen molar-refractivity contribution < 1.29 is 19.1 Å². The molecule has 9 heteroatoms. The van der Waals surface area contributed by atoms with Gasteiger partial charge in [-0.05, 0) is 25.1 Å². The van der Waals surface area contributed by atoms with Crippen LogP contribution in [0.4, 0.5) is 4.79 Å². The summed E-state index contributed by atoms with van der Waals surface area (Å²) in [6, 6.07) is 14.7. The van der Waals surface area contributed by atoms with Crippen LogP contribution in [-0.2, 0) is 9.53 Å². The number of hydrogen-bond donors (Lipinski definition) is 1. The van der Waals surface area contributed by atoms with Crippen LogP contribution in [0.5, 0.6) is 0 Å². The Labute approximate surface area is 170 Å². The van der Waals surface area contributed by atoms with Crippen LogP contribution < -0.4 is 10.9 Å². The predicted molar refractivity (Wildman–Crippen MR) is 107 cm³/mol. The Bertz CT molecular complexity index is 1200. The minimum Gasteiger partial charge on any atom is -0.448 e. The number of urea groups is 1. The highest BCUT2D eigenvalue weighted by Crippen LogP contribution is 2.17. The molecule has 0 spiro atoms. The van der Waals surface area contributed by atoms with Crippen molar-refractivity contribution in [2.45, 2.75) is 13.0 Å². The van der Waals surface area contributed by atoms with Crippen LogP contribution in [0.1, 0.15) is 17.4 Å². The van der Waals surface area contributed by atoms with Gasteiger partial charge < -0.3 is 10.1 Å². The normalized spacial score (nSPS) is 14.4. The Morgan fingerprint density at radius 3 is 2.37 bits per heavy atom. The van der Waals surface area contributed by atoms with Crippen molar-refractivity contribution in [1.82, 2.24) is 20.0 Å². The zero-order valence-electron chi connectivity index (χ0n) is 16.1. The lowest BCUT2D eigenvalue weighted by Crippen LogP contribution is -2.42. The summed E-state index contributed by atoms with van der Waals surface area (Å²) in [5.41, 5.74) is 0.00551. The van der Waals surface area contributed by atoms with Gasteiger partial charge in [-0.3, -0.25) is 14.5 Å². The minimum absolute atomic E-state index is 0.0976. The van der Waals surface area contributed by atoms with Gasteiger partial charge in [-0.15, -0.1) is 0 Å². The molecule has 1 N–H and O–H groups in total. The number of esters is 1. The lowest BCUT2D eigenvalue weighted by molar-refractivity contribution is -0.136. The first-order valence-corrected chi connectivity index (χ1v) is 9.35. The monoisotopic (exact) mass is 406 g/mol. The standard InChI is InChI=1S/C21H18N4O5/c1-13(18(26)24-12-11-22-21(24)29)30-20(28)17-15-9-5-6-10-16(15)19(27)25(23-17)14-7-3-2-4-8-14/h2-10,13H,11-12H2,1H3,(H,22,29)/t13-/m1/s1. The van der Waals surface area contributed by atoms with Crippen molar-refractivity contribution in [2.75, 3.05) is 13.1 Å². The molecular weight excluding hydrogens is 388 g/mol. The smallest absolute Gasteiger partial charge is 0.360 e. The van der Waals surface area contributed by atoms with Gasteiger partial charge in [-0.2, -0.15) is 9.78 Å². The van der Waals surface area contributed by atoms with Crippen molar-refractivity contribution in [2.24, 2.45) is 0 Å². The van der Waals surface area contributed by atoms with Crippen LogP contribution in [0.15, 0.2) is 59.4 Å². The van der Waals surface area contributed by atoms with Gasteiger partial charge in [0.1, 0.15) is 0 Å². The van der Waals surface area contributed by atoms with Crippen LogP contribution in [0.25, 0.3) is 16.5 Å². The minimum atomic E-state index is -1.20. The van der Waals surface area contributed by atoms with Crippen LogP contribution in [0.3, 0.4) is 0 Å². The lowest BCUT2D eigenvalue weighted by Gasteiger charge is -2.18. The fraction of sp³-hybridized carbons (Fsp3) is 0.190. The second kappa shape index (κ2) is 7.78. The van der Waals surface area contributed by atoms with E-state index in [1.54, 1.807) is 54.6 Å². The summed E-state index contributed by atoms with van der Waals surface area (Å²) in [6.45, 7) is 1.94. The van der Waals surface area contributed by atoms with Crippen LogP contribution in [-0.4, -0.2) is 51.8 Å². The molecule has 1 atom stereocenters. The van der Waals surface area contributed by atoms with E-state index >= 15 is 0 Å². The Morgan fingerprint density at radius 2 is 1.70 bits per heavy atom. The molecule has 4 rings (SSSR count).